The van der Waals surface area contributed by atoms with Crippen LogP contribution >= 0.6 is 0 Å². The van der Waals surface area contributed by atoms with Gasteiger partial charge in [-0.2, -0.15) is 0 Å². The first-order valence-corrected chi connectivity index (χ1v) is 9.55. The highest BCUT2D eigenvalue weighted by atomic mass is 16.2. The predicted molar refractivity (Wildman–Crippen MR) is 106 cm³/mol. The minimum Gasteiger partial charge on any atom is -0.354 e. The number of aromatic nitrogens is 2. The van der Waals surface area contributed by atoms with E-state index < -0.39 is 0 Å². The number of nitrogens with zero attached hydrogens (tertiary/aromatic N) is 6. The molecule has 0 saturated carbocycles. The Hall–Kier alpha value is -2.67. The van der Waals surface area contributed by atoms with Crippen molar-refractivity contribution in [1.29, 1.82) is 0 Å². The fourth-order valence-electron chi connectivity index (χ4n) is 3.62. The number of rotatable bonds is 3. The molecule has 4 rings (SSSR count). The molecule has 2 aromatic heterocycles. The Balaban J connectivity index is 1.39. The van der Waals surface area contributed by atoms with Crippen molar-refractivity contribution in [3.63, 3.8) is 0 Å². The standard InChI is InChI=1S/C20H26N6O/c1-23-8-10-25(11-9-23)19-16-17(5-7-22-19)20(27)26-14-12-24(13-15-26)18-4-2-3-6-21-18/h2-7,16H,8-15H2,1H3. The van der Waals surface area contributed by atoms with Gasteiger partial charge in [-0.25, -0.2) is 9.97 Å². The topological polar surface area (TPSA) is 55.8 Å². The van der Waals surface area contributed by atoms with Crippen LogP contribution in [-0.4, -0.2) is 85.1 Å². The van der Waals surface area contributed by atoms with Crippen molar-refractivity contribution in [2.75, 3.05) is 69.2 Å². The molecule has 27 heavy (non-hydrogen) atoms. The predicted octanol–water partition coefficient (Wildman–Crippen LogP) is 1.19. The molecule has 2 aliphatic rings. The molecule has 2 fully saturated rings. The molecule has 142 valence electrons. The van der Waals surface area contributed by atoms with Gasteiger partial charge in [-0.1, -0.05) is 6.07 Å². The second-order valence-electron chi connectivity index (χ2n) is 7.16. The molecule has 0 radical (unpaired) electrons. The van der Waals surface area contributed by atoms with E-state index in [4.69, 9.17) is 0 Å². The van der Waals surface area contributed by atoms with Gasteiger partial charge in [0.15, 0.2) is 0 Å². The van der Waals surface area contributed by atoms with E-state index in [9.17, 15) is 4.79 Å². The van der Waals surface area contributed by atoms with E-state index in [2.05, 4.69) is 31.7 Å². The van der Waals surface area contributed by atoms with Gasteiger partial charge in [0.05, 0.1) is 0 Å². The number of hydrogen-bond acceptors (Lipinski definition) is 6. The van der Waals surface area contributed by atoms with Gasteiger partial charge in [0.1, 0.15) is 11.6 Å². The van der Waals surface area contributed by atoms with Crippen LogP contribution in [0, 0.1) is 0 Å². The van der Waals surface area contributed by atoms with Crippen LogP contribution in [-0.2, 0) is 0 Å². The van der Waals surface area contributed by atoms with Crippen molar-refractivity contribution >= 4 is 17.5 Å². The molecule has 0 bridgehead atoms. The monoisotopic (exact) mass is 366 g/mol. The van der Waals surface area contributed by atoms with Gasteiger partial charge in [0.25, 0.3) is 5.91 Å². The van der Waals surface area contributed by atoms with Crippen molar-refractivity contribution in [3.8, 4) is 0 Å². The van der Waals surface area contributed by atoms with Crippen molar-refractivity contribution < 1.29 is 4.79 Å². The first kappa shape index (κ1) is 17.7. The van der Waals surface area contributed by atoms with Crippen LogP contribution in [0.2, 0.25) is 0 Å². The molecule has 0 atom stereocenters. The fourth-order valence-corrected chi connectivity index (χ4v) is 3.62. The molecular weight excluding hydrogens is 340 g/mol. The molecule has 0 aromatic carbocycles. The second-order valence-corrected chi connectivity index (χ2v) is 7.16. The summed E-state index contributed by atoms with van der Waals surface area (Å²) in [6.45, 7) is 6.97. The summed E-state index contributed by atoms with van der Waals surface area (Å²) in [4.78, 5) is 30.6. The molecule has 7 nitrogen and oxygen atoms in total. The number of carbonyl (C=O) groups excluding carboxylic acids is 1. The lowest BCUT2D eigenvalue weighted by Gasteiger charge is -2.36. The zero-order valence-electron chi connectivity index (χ0n) is 15.8. The van der Waals surface area contributed by atoms with Crippen LogP contribution in [0.4, 0.5) is 11.6 Å². The summed E-state index contributed by atoms with van der Waals surface area (Å²) in [6.07, 6.45) is 3.56. The summed E-state index contributed by atoms with van der Waals surface area (Å²) in [5, 5.41) is 0. The number of pyridine rings is 2. The highest BCUT2D eigenvalue weighted by Gasteiger charge is 2.24. The van der Waals surface area contributed by atoms with Gasteiger partial charge in [0.2, 0.25) is 0 Å². The number of amides is 1. The Kier molecular flexibility index (Phi) is 5.20. The molecule has 7 heteroatoms. The smallest absolute Gasteiger partial charge is 0.254 e. The summed E-state index contributed by atoms with van der Waals surface area (Å²) in [6, 6.07) is 9.70. The van der Waals surface area contributed by atoms with Crippen LogP contribution in [0.5, 0.6) is 0 Å². The molecule has 0 unspecified atom stereocenters. The Morgan fingerprint density at radius 1 is 0.815 bits per heavy atom. The van der Waals surface area contributed by atoms with Crippen LogP contribution < -0.4 is 9.80 Å². The Bertz CT molecular complexity index is 767. The molecule has 2 aliphatic heterocycles. The second kappa shape index (κ2) is 7.92. The lowest BCUT2D eigenvalue weighted by molar-refractivity contribution is 0.0746. The first-order chi connectivity index (χ1) is 13.2. The molecule has 0 spiro atoms. The van der Waals surface area contributed by atoms with Crippen LogP contribution in [0.15, 0.2) is 42.7 Å². The summed E-state index contributed by atoms with van der Waals surface area (Å²) >= 11 is 0. The molecule has 0 N–H and O–H groups in total. The van der Waals surface area contributed by atoms with E-state index in [1.54, 1.807) is 6.20 Å². The normalized spacial score (nSPS) is 18.6. The average Bonchev–Trinajstić information content (AvgIpc) is 2.75. The van der Waals surface area contributed by atoms with Crippen molar-refractivity contribution in [3.05, 3.63) is 48.3 Å². The van der Waals surface area contributed by atoms with Gasteiger partial charge in [0, 0.05) is 70.3 Å². The first-order valence-electron chi connectivity index (χ1n) is 9.55. The van der Waals surface area contributed by atoms with Crippen LogP contribution in [0.25, 0.3) is 0 Å². The highest BCUT2D eigenvalue weighted by Crippen LogP contribution is 2.18. The van der Waals surface area contributed by atoms with Gasteiger partial charge in [-0.15, -0.1) is 0 Å². The van der Waals surface area contributed by atoms with Gasteiger partial charge >= 0.3 is 0 Å². The summed E-state index contributed by atoms with van der Waals surface area (Å²) in [7, 11) is 2.13. The number of anilines is 2. The maximum atomic E-state index is 13.0. The highest BCUT2D eigenvalue weighted by molar-refractivity contribution is 5.95. The lowest BCUT2D eigenvalue weighted by Crippen LogP contribution is -2.49. The van der Waals surface area contributed by atoms with Crippen LogP contribution in [0.3, 0.4) is 0 Å². The molecular formula is C20H26N6O. The van der Waals surface area contributed by atoms with E-state index in [1.165, 1.54) is 0 Å². The fraction of sp³-hybridized carbons (Fsp3) is 0.450. The lowest BCUT2D eigenvalue weighted by atomic mass is 10.2. The number of likely N-dealkylation sites (N-methyl/N-ethyl adjacent to an activating group) is 1. The SMILES string of the molecule is CN1CCN(c2cc(C(=O)N3CCN(c4ccccn4)CC3)ccn2)CC1. The largest absolute Gasteiger partial charge is 0.354 e. The van der Waals surface area contributed by atoms with E-state index in [1.807, 2.05) is 41.4 Å². The summed E-state index contributed by atoms with van der Waals surface area (Å²) in [5.41, 5.74) is 0.727. The Morgan fingerprint density at radius 2 is 1.48 bits per heavy atom. The maximum Gasteiger partial charge on any atom is 0.254 e. The Labute approximate surface area is 160 Å². The van der Waals surface area contributed by atoms with Gasteiger partial charge in [-0.05, 0) is 31.3 Å². The minimum absolute atomic E-state index is 0.0912. The van der Waals surface area contributed by atoms with E-state index in [0.29, 0.717) is 13.1 Å². The van der Waals surface area contributed by atoms with Crippen molar-refractivity contribution in [1.82, 2.24) is 19.8 Å². The third-order valence-electron chi connectivity index (χ3n) is 5.36. The zero-order valence-corrected chi connectivity index (χ0v) is 15.8. The third-order valence-corrected chi connectivity index (χ3v) is 5.36. The van der Waals surface area contributed by atoms with E-state index in [0.717, 1.165) is 56.5 Å². The van der Waals surface area contributed by atoms with E-state index >= 15 is 0 Å². The number of carbonyl (C=O) groups is 1. The zero-order chi connectivity index (χ0) is 18.6. The molecule has 0 aliphatic carbocycles. The van der Waals surface area contributed by atoms with Crippen molar-refractivity contribution in [2.45, 2.75) is 0 Å². The molecule has 4 heterocycles. The summed E-state index contributed by atoms with van der Waals surface area (Å²) < 4.78 is 0. The third kappa shape index (κ3) is 4.03. The minimum atomic E-state index is 0.0912. The average molecular weight is 366 g/mol. The molecule has 1 amide bonds. The Morgan fingerprint density at radius 3 is 2.19 bits per heavy atom. The quantitative estimate of drug-likeness (QED) is 0.813. The van der Waals surface area contributed by atoms with E-state index in [-0.39, 0.29) is 5.91 Å². The number of hydrogen-bond donors (Lipinski definition) is 0. The van der Waals surface area contributed by atoms with Crippen LogP contribution in [0.1, 0.15) is 10.4 Å². The summed E-state index contributed by atoms with van der Waals surface area (Å²) in [5.74, 6) is 1.97. The molecule has 2 aromatic rings. The van der Waals surface area contributed by atoms with Crippen molar-refractivity contribution in [2.24, 2.45) is 0 Å². The number of piperazine rings is 2. The van der Waals surface area contributed by atoms with Gasteiger partial charge in [-0.3, -0.25) is 4.79 Å². The molecule has 2 saturated heterocycles. The maximum absolute atomic E-state index is 13.0. The van der Waals surface area contributed by atoms with Gasteiger partial charge < -0.3 is 19.6 Å².